The number of halogens is 3. The molecule has 1 aromatic carbocycles. The molecule has 0 aliphatic rings. The van der Waals surface area contributed by atoms with Crippen LogP contribution < -0.4 is 5.32 Å². The minimum Gasteiger partial charge on any atom is -0.378 e. The summed E-state index contributed by atoms with van der Waals surface area (Å²) in [6.45, 7) is 2.79. The van der Waals surface area contributed by atoms with Crippen LogP contribution in [0.1, 0.15) is 9.75 Å². The maximum Gasteiger partial charge on any atom is 0.0722 e. The number of hydrogen-bond donors (Lipinski definition) is 1. The van der Waals surface area contributed by atoms with Crippen molar-refractivity contribution in [2.24, 2.45) is 0 Å². The Kier molecular flexibility index (Phi) is 4.21. The summed E-state index contributed by atoms with van der Waals surface area (Å²) in [7, 11) is 0. The van der Waals surface area contributed by atoms with E-state index in [9.17, 15) is 0 Å². The molecule has 1 aromatic heterocycles. The van der Waals surface area contributed by atoms with Crippen LogP contribution in [0.2, 0.25) is 15.1 Å². The number of thiophene rings is 1. The topological polar surface area (TPSA) is 12.0 Å². The van der Waals surface area contributed by atoms with Gasteiger partial charge in [-0.15, -0.1) is 11.3 Å². The molecule has 0 aliphatic heterocycles. The molecule has 0 saturated heterocycles. The zero-order chi connectivity index (χ0) is 12.4. The molecule has 0 bridgehead atoms. The van der Waals surface area contributed by atoms with Gasteiger partial charge in [-0.05, 0) is 31.2 Å². The summed E-state index contributed by atoms with van der Waals surface area (Å²) in [4.78, 5) is 2.53. The molecule has 1 N–H and O–H groups in total. The van der Waals surface area contributed by atoms with Gasteiger partial charge in [0.1, 0.15) is 0 Å². The lowest BCUT2D eigenvalue weighted by atomic mass is 10.3. The zero-order valence-electron chi connectivity index (χ0n) is 9.06. The summed E-state index contributed by atoms with van der Waals surface area (Å²) in [5.74, 6) is 0. The number of hydrogen-bond acceptors (Lipinski definition) is 2. The van der Waals surface area contributed by atoms with E-state index in [1.165, 1.54) is 9.75 Å². The lowest BCUT2D eigenvalue weighted by Crippen LogP contribution is -1.98. The number of aryl methyl sites for hydroxylation is 1. The molecule has 0 atom stereocenters. The summed E-state index contributed by atoms with van der Waals surface area (Å²) in [6.07, 6.45) is 0. The second-order valence-corrected chi connectivity index (χ2v) is 6.23. The van der Waals surface area contributed by atoms with E-state index in [1.54, 1.807) is 23.5 Å². The molecule has 0 saturated carbocycles. The summed E-state index contributed by atoms with van der Waals surface area (Å²) >= 11 is 19.8. The highest BCUT2D eigenvalue weighted by molar-refractivity contribution is 7.11. The molecule has 1 heterocycles. The summed E-state index contributed by atoms with van der Waals surface area (Å²) in [5, 5.41) is 4.84. The van der Waals surface area contributed by atoms with Gasteiger partial charge in [-0.25, -0.2) is 0 Å². The summed E-state index contributed by atoms with van der Waals surface area (Å²) in [6, 6.07) is 7.53. The molecule has 0 amide bonds. The fourth-order valence-corrected chi connectivity index (χ4v) is 3.25. The van der Waals surface area contributed by atoms with Crippen LogP contribution in [-0.2, 0) is 6.54 Å². The molecule has 17 heavy (non-hydrogen) atoms. The highest BCUT2D eigenvalue weighted by Crippen LogP contribution is 2.34. The van der Waals surface area contributed by atoms with Crippen molar-refractivity contribution < 1.29 is 0 Å². The highest BCUT2D eigenvalue weighted by atomic mass is 35.5. The van der Waals surface area contributed by atoms with E-state index in [4.69, 9.17) is 34.8 Å². The average molecular weight is 307 g/mol. The van der Waals surface area contributed by atoms with Crippen molar-refractivity contribution in [1.82, 2.24) is 0 Å². The Bertz CT molecular complexity index is 513. The third-order valence-corrected chi connectivity index (χ3v) is 4.06. The quantitative estimate of drug-likeness (QED) is 0.775. The monoisotopic (exact) mass is 305 g/mol. The molecule has 1 nitrogen and oxygen atoms in total. The third-order valence-electron chi connectivity index (χ3n) is 2.24. The fourth-order valence-electron chi connectivity index (χ4n) is 1.47. The largest absolute Gasteiger partial charge is 0.378 e. The van der Waals surface area contributed by atoms with Gasteiger partial charge in [0.25, 0.3) is 0 Å². The number of benzene rings is 1. The molecular formula is C12H10Cl3NS. The number of nitrogens with one attached hydrogen (secondary N) is 1. The smallest absolute Gasteiger partial charge is 0.0722 e. The van der Waals surface area contributed by atoms with E-state index in [1.807, 2.05) is 0 Å². The van der Waals surface area contributed by atoms with Crippen LogP contribution in [-0.4, -0.2) is 0 Å². The maximum atomic E-state index is 6.08. The van der Waals surface area contributed by atoms with Gasteiger partial charge in [0.05, 0.1) is 15.7 Å². The minimum atomic E-state index is 0.538. The second kappa shape index (κ2) is 5.49. The summed E-state index contributed by atoms with van der Waals surface area (Å²) < 4.78 is 0. The van der Waals surface area contributed by atoms with Crippen molar-refractivity contribution in [2.75, 3.05) is 5.32 Å². The van der Waals surface area contributed by atoms with Crippen molar-refractivity contribution in [3.05, 3.63) is 49.1 Å². The van der Waals surface area contributed by atoms with Crippen molar-refractivity contribution in [2.45, 2.75) is 13.5 Å². The SMILES string of the molecule is Cc1ccc(CNc2c(Cl)cc(Cl)cc2Cl)s1. The molecular weight excluding hydrogens is 297 g/mol. The van der Waals surface area contributed by atoms with E-state index in [-0.39, 0.29) is 0 Å². The molecule has 0 unspecified atom stereocenters. The van der Waals surface area contributed by atoms with Gasteiger partial charge >= 0.3 is 0 Å². The third kappa shape index (κ3) is 3.29. The van der Waals surface area contributed by atoms with Crippen LogP contribution in [0.25, 0.3) is 0 Å². The molecule has 2 aromatic rings. The Morgan fingerprint density at radius 3 is 2.29 bits per heavy atom. The first-order valence-corrected chi connectivity index (χ1v) is 6.95. The number of anilines is 1. The van der Waals surface area contributed by atoms with Crippen LogP contribution in [0.5, 0.6) is 0 Å². The Labute approximate surface area is 119 Å². The lowest BCUT2D eigenvalue weighted by Gasteiger charge is -2.09. The van der Waals surface area contributed by atoms with Gasteiger partial charge in [0, 0.05) is 21.3 Å². The van der Waals surface area contributed by atoms with Crippen molar-refractivity contribution in [1.29, 1.82) is 0 Å². The standard InChI is InChI=1S/C12H10Cl3NS/c1-7-2-3-9(17-7)6-16-12-10(14)4-8(13)5-11(12)15/h2-5,16H,6H2,1H3. The van der Waals surface area contributed by atoms with Crippen molar-refractivity contribution in [3.8, 4) is 0 Å². The van der Waals surface area contributed by atoms with Gasteiger partial charge < -0.3 is 5.32 Å². The molecule has 0 fully saturated rings. The van der Waals surface area contributed by atoms with Crippen LogP contribution in [0.15, 0.2) is 24.3 Å². The Morgan fingerprint density at radius 1 is 1.12 bits per heavy atom. The van der Waals surface area contributed by atoms with Crippen LogP contribution in [0, 0.1) is 6.92 Å². The van der Waals surface area contributed by atoms with E-state index in [0.717, 1.165) is 5.69 Å². The van der Waals surface area contributed by atoms with E-state index in [2.05, 4.69) is 24.4 Å². The molecule has 2 rings (SSSR count). The van der Waals surface area contributed by atoms with Gasteiger partial charge in [0.15, 0.2) is 0 Å². The second-order valence-electron chi connectivity index (χ2n) is 3.61. The summed E-state index contributed by atoms with van der Waals surface area (Å²) in [5.41, 5.74) is 0.726. The lowest BCUT2D eigenvalue weighted by molar-refractivity contribution is 1.19. The van der Waals surface area contributed by atoms with Crippen molar-refractivity contribution >= 4 is 51.8 Å². The van der Waals surface area contributed by atoms with Crippen LogP contribution in [0.4, 0.5) is 5.69 Å². The Hall–Kier alpha value is -0.410. The zero-order valence-corrected chi connectivity index (χ0v) is 12.1. The number of rotatable bonds is 3. The highest BCUT2D eigenvalue weighted by Gasteiger charge is 2.07. The molecule has 5 heteroatoms. The normalized spacial score (nSPS) is 10.6. The van der Waals surface area contributed by atoms with Gasteiger partial charge in [-0.2, -0.15) is 0 Å². The Balaban J connectivity index is 2.14. The fraction of sp³-hybridized carbons (Fsp3) is 0.167. The minimum absolute atomic E-state index is 0.538. The predicted octanol–water partition coefficient (Wildman–Crippen LogP) is 5.63. The Morgan fingerprint density at radius 2 is 1.76 bits per heavy atom. The first-order valence-electron chi connectivity index (χ1n) is 5.00. The van der Waals surface area contributed by atoms with Gasteiger partial charge in [-0.1, -0.05) is 34.8 Å². The average Bonchev–Trinajstić information content (AvgIpc) is 2.62. The van der Waals surface area contributed by atoms with Crippen LogP contribution >= 0.6 is 46.1 Å². The maximum absolute atomic E-state index is 6.08. The van der Waals surface area contributed by atoms with Gasteiger partial charge in [-0.3, -0.25) is 0 Å². The van der Waals surface area contributed by atoms with E-state index >= 15 is 0 Å². The molecule has 0 spiro atoms. The van der Waals surface area contributed by atoms with Gasteiger partial charge in [0.2, 0.25) is 0 Å². The first-order chi connectivity index (χ1) is 8.06. The van der Waals surface area contributed by atoms with E-state index in [0.29, 0.717) is 21.6 Å². The van der Waals surface area contributed by atoms with Crippen molar-refractivity contribution in [3.63, 3.8) is 0 Å². The van der Waals surface area contributed by atoms with E-state index < -0.39 is 0 Å². The molecule has 0 aliphatic carbocycles. The molecule has 90 valence electrons. The first kappa shape index (κ1) is 13.0. The van der Waals surface area contributed by atoms with Crippen LogP contribution in [0.3, 0.4) is 0 Å². The molecule has 0 radical (unpaired) electrons. The predicted molar refractivity (Wildman–Crippen MR) is 77.9 cm³/mol.